The van der Waals surface area contributed by atoms with E-state index in [1.807, 2.05) is 0 Å². The summed E-state index contributed by atoms with van der Waals surface area (Å²) in [7, 11) is 0. The predicted molar refractivity (Wildman–Crippen MR) is 73.9 cm³/mol. The third-order valence-corrected chi connectivity index (χ3v) is 4.44. The van der Waals surface area contributed by atoms with E-state index in [1.165, 1.54) is 23.5 Å². The first-order chi connectivity index (χ1) is 9.22. The summed E-state index contributed by atoms with van der Waals surface area (Å²) in [6, 6.07) is 4.50. The van der Waals surface area contributed by atoms with Crippen LogP contribution in [0.4, 0.5) is 4.39 Å². The van der Waals surface area contributed by atoms with Crippen LogP contribution in [0.3, 0.4) is 0 Å². The minimum absolute atomic E-state index is 0.0301. The maximum absolute atomic E-state index is 13.1. The van der Waals surface area contributed by atoms with E-state index in [1.54, 1.807) is 6.07 Å². The van der Waals surface area contributed by atoms with Crippen molar-refractivity contribution >= 4 is 27.3 Å². The number of piperidine rings is 1. The van der Waals surface area contributed by atoms with Crippen molar-refractivity contribution in [1.82, 2.24) is 10.3 Å². The Bertz CT molecular complexity index is 605. The average Bonchev–Trinajstić information content (AvgIpc) is 2.81. The first-order valence-corrected chi connectivity index (χ1v) is 7.35. The Labute approximate surface area is 114 Å². The molecule has 3 rings (SSSR count). The number of thiazole rings is 1. The quantitative estimate of drug-likeness (QED) is 0.938. The van der Waals surface area contributed by atoms with Crippen molar-refractivity contribution in [2.45, 2.75) is 31.7 Å². The van der Waals surface area contributed by atoms with Gasteiger partial charge in [-0.2, -0.15) is 0 Å². The largest absolute Gasteiger partial charge is 0.307 e. The number of carbonyl (C=O) groups is 1. The Hall–Kier alpha value is -1.33. The monoisotopic (exact) mass is 278 g/mol. The van der Waals surface area contributed by atoms with Crippen LogP contribution in [0.5, 0.6) is 0 Å². The highest BCUT2D eigenvalue weighted by Crippen LogP contribution is 2.24. The van der Waals surface area contributed by atoms with Crippen molar-refractivity contribution in [1.29, 1.82) is 0 Å². The summed E-state index contributed by atoms with van der Waals surface area (Å²) >= 11 is 1.40. The number of hydrogen-bond acceptors (Lipinski definition) is 4. The molecule has 2 heterocycles. The van der Waals surface area contributed by atoms with Gasteiger partial charge in [0.15, 0.2) is 5.78 Å². The summed E-state index contributed by atoms with van der Waals surface area (Å²) in [5, 5.41) is 4.03. The molecule has 19 heavy (non-hydrogen) atoms. The molecule has 5 heteroatoms. The summed E-state index contributed by atoms with van der Waals surface area (Å²) in [6.07, 6.45) is 3.51. The van der Waals surface area contributed by atoms with Gasteiger partial charge in [0, 0.05) is 0 Å². The molecule has 0 radical (unpaired) electrons. The third kappa shape index (κ3) is 2.82. The van der Waals surface area contributed by atoms with Crippen LogP contribution in [-0.2, 0) is 11.2 Å². The van der Waals surface area contributed by atoms with E-state index >= 15 is 0 Å². The van der Waals surface area contributed by atoms with Crippen LogP contribution in [0.15, 0.2) is 18.2 Å². The number of benzene rings is 1. The molecular weight excluding hydrogens is 263 g/mol. The summed E-state index contributed by atoms with van der Waals surface area (Å²) in [6.45, 7) is 0.918. The van der Waals surface area contributed by atoms with E-state index in [9.17, 15) is 9.18 Å². The van der Waals surface area contributed by atoms with Gasteiger partial charge in [-0.05, 0) is 37.6 Å². The molecule has 0 bridgehead atoms. The van der Waals surface area contributed by atoms with Gasteiger partial charge in [0.2, 0.25) is 0 Å². The predicted octanol–water partition coefficient (Wildman–Crippen LogP) is 2.69. The standard InChI is InChI=1S/C14H15FN2OS/c15-9-4-5-11-13(7-9)19-14(17-11)8-12(18)10-3-1-2-6-16-10/h4-5,7,10,16H,1-3,6,8H2/t10-/m0/s1. The fourth-order valence-corrected chi connectivity index (χ4v) is 3.42. The van der Waals surface area contributed by atoms with Crippen LogP contribution in [0.2, 0.25) is 0 Å². The molecule has 1 atom stereocenters. The molecule has 1 N–H and O–H groups in total. The second kappa shape index (κ2) is 5.35. The normalized spacial score (nSPS) is 19.7. The number of Topliss-reactive ketones (excluding diaryl/α,β-unsaturated/α-hetero) is 1. The highest BCUT2D eigenvalue weighted by atomic mass is 32.1. The zero-order valence-electron chi connectivity index (χ0n) is 10.5. The first-order valence-electron chi connectivity index (χ1n) is 6.53. The lowest BCUT2D eigenvalue weighted by Crippen LogP contribution is -2.41. The van der Waals surface area contributed by atoms with Crippen molar-refractivity contribution in [3.8, 4) is 0 Å². The summed E-state index contributed by atoms with van der Waals surface area (Å²) in [4.78, 5) is 16.5. The average molecular weight is 278 g/mol. The molecule has 0 amide bonds. The van der Waals surface area contributed by atoms with Crippen molar-refractivity contribution in [2.75, 3.05) is 6.54 Å². The van der Waals surface area contributed by atoms with Crippen molar-refractivity contribution in [2.24, 2.45) is 0 Å². The molecular formula is C14H15FN2OS. The molecule has 1 fully saturated rings. The van der Waals surface area contributed by atoms with Gasteiger partial charge < -0.3 is 5.32 Å². The maximum atomic E-state index is 13.1. The Balaban J connectivity index is 1.75. The number of rotatable bonds is 3. The molecule has 1 aliphatic heterocycles. The second-order valence-electron chi connectivity index (χ2n) is 4.87. The fraction of sp³-hybridized carbons (Fsp3) is 0.429. The minimum atomic E-state index is -0.261. The second-order valence-corrected chi connectivity index (χ2v) is 5.98. The number of fused-ring (bicyclic) bond motifs is 1. The zero-order valence-corrected chi connectivity index (χ0v) is 11.3. The highest BCUT2D eigenvalue weighted by molar-refractivity contribution is 7.18. The molecule has 1 aromatic heterocycles. The minimum Gasteiger partial charge on any atom is -0.307 e. The third-order valence-electron chi connectivity index (χ3n) is 3.42. The van der Waals surface area contributed by atoms with Gasteiger partial charge in [0.05, 0.1) is 22.7 Å². The molecule has 1 aromatic carbocycles. The van der Waals surface area contributed by atoms with Crippen molar-refractivity contribution < 1.29 is 9.18 Å². The SMILES string of the molecule is O=C(Cc1nc2ccc(F)cc2s1)[C@@H]1CCCCN1. The summed E-state index contributed by atoms with van der Waals surface area (Å²) < 4.78 is 13.9. The van der Waals surface area contributed by atoms with Gasteiger partial charge in [-0.3, -0.25) is 4.79 Å². The number of nitrogens with one attached hydrogen (secondary N) is 1. The molecule has 1 saturated heterocycles. The van der Waals surface area contributed by atoms with E-state index in [4.69, 9.17) is 0 Å². The number of ketones is 1. The lowest BCUT2D eigenvalue weighted by atomic mass is 10.00. The Morgan fingerprint density at radius 3 is 3.16 bits per heavy atom. The fourth-order valence-electron chi connectivity index (χ4n) is 2.42. The van der Waals surface area contributed by atoms with E-state index in [0.29, 0.717) is 6.42 Å². The highest BCUT2D eigenvalue weighted by Gasteiger charge is 2.21. The summed E-state index contributed by atoms with van der Waals surface area (Å²) in [5.74, 6) is -0.0674. The van der Waals surface area contributed by atoms with Crippen LogP contribution in [0.1, 0.15) is 24.3 Å². The van der Waals surface area contributed by atoms with Crippen molar-refractivity contribution in [3.05, 3.63) is 29.0 Å². The van der Waals surface area contributed by atoms with E-state index < -0.39 is 0 Å². The van der Waals surface area contributed by atoms with E-state index in [0.717, 1.165) is 41.0 Å². The molecule has 0 unspecified atom stereocenters. The Kier molecular flexibility index (Phi) is 3.57. The smallest absolute Gasteiger partial charge is 0.156 e. The number of halogens is 1. The van der Waals surface area contributed by atoms with Crippen molar-refractivity contribution in [3.63, 3.8) is 0 Å². The van der Waals surface area contributed by atoms with Gasteiger partial charge in [0.1, 0.15) is 10.8 Å². The van der Waals surface area contributed by atoms with E-state index in [-0.39, 0.29) is 17.6 Å². The molecule has 2 aromatic rings. The van der Waals surface area contributed by atoms with Crippen LogP contribution >= 0.6 is 11.3 Å². The van der Waals surface area contributed by atoms with Gasteiger partial charge >= 0.3 is 0 Å². The van der Waals surface area contributed by atoms with Gasteiger partial charge in [-0.15, -0.1) is 11.3 Å². The van der Waals surface area contributed by atoms with Crippen LogP contribution in [-0.4, -0.2) is 23.4 Å². The zero-order chi connectivity index (χ0) is 13.2. The molecule has 1 aliphatic rings. The topological polar surface area (TPSA) is 42.0 Å². The number of carbonyl (C=O) groups excluding carboxylic acids is 1. The van der Waals surface area contributed by atoms with Crippen LogP contribution in [0.25, 0.3) is 10.2 Å². The molecule has 3 nitrogen and oxygen atoms in total. The maximum Gasteiger partial charge on any atom is 0.156 e. The Morgan fingerprint density at radius 2 is 2.37 bits per heavy atom. The van der Waals surface area contributed by atoms with Gasteiger partial charge in [-0.25, -0.2) is 9.37 Å². The lowest BCUT2D eigenvalue weighted by Gasteiger charge is -2.21. The molecule has 0 spiro atoms. The molecule has 0 saturated carbocycles. The number of hydrogen-bond donors (Lipinski definition) is 1. The van der Waals surface area contributed by atoms with Crippen LogP contribution in [0, 0.1) is 5.82 Å². The van der Waals surface area contributed by atoms with Crippen LogP contribution < -0.4 is 5.32 Å². The Morgan fingerprint density at radius 1 is 1.47 bits per heavy atom. The molecule has 0 aliphatic carbocycles. The van der Waals surface area contributed by atoms with E-state index in [2.05, 4.69) is 10.3 Å². The van der Waals surface area contributed by atoms with Gasteiger partial charge in [0.25, 0.3) is 0 Å². The number of aromatic nitrogens is 1. The lowest BCUT2D eigenvalue weighted by molar-refractivity contribution is -0.120. The first kappa shape index (κ1) is 12.7. The van der Waals surface area contributed by atoms with Gasteiger partial charge in [-0.1, -0.05) is 6.42 Å². The number of nitrogens with zero attached hydrogens (tertiary/aromatic N) is 1. The summed E-state index contributed by atoms with van der Waals surface area (Å²) in [5.41, 5.74) is 0.769. The molecule has 100 valence electrons.